The predicted octanol–water partition coefficient (Wildman–Crippen LogP) is 0.796. The Kier molecular flexibility index (Phi) is 2.31. The molecule has 0 saturated carbocycles. The molecule has 0 aliphatic carbocycles. The molecule has 14 heavy (non-hydrogen) atoms. The van der Waals surface area contributed by atoms with Gasteiger partial charge in [-0.25, -0.2) is 0 Å². The van der Waals surface area contributed by atoms with Crippen LogP contribution in [0.4, 0.5) is 0 Å². The molecule has 0 saturated heterocycles. The molecule has 0 unspecified atom stereocenters. The summed E-state index contributed by atoms with van der Waals surface area (Å²) >= 11 is 0. The largest absolute Gasteiger partial charge is 0.454 e. The Hall–Kier alpha value is -1.26. The summed E-state index contributed by atoms with van der Waals surface area (Å²) in [6, 6.07) is 5.06. The number of aliphatic hydroxyl groups is 1. The molecule has 1 heterocycles. The molecule has 2 atom stereocenters. The second-order valence-electron chi connectivity index (χ2n) is 3.35. The first-order chi connectivity index (χ1) is 6.70. The maximum atomic E-state index is 9.38. The molecule has 0 spiro atoms. The first-order valence-corrected chi connectivity index (χ1v) is 4.52. The SMILES string of the molecule is C[C@H](O)[C@@H](N)c1cccc2c1OCO2. The first kappa shape index (κ1) is 9.30. The molecule has 76 valence electrons. The van der Waals surface area contributed by atoms with Gasteiger partial charge in [-0.15, -0.1) is 0 Å². The van der Waals surface area contributed by atoms with Crippen LogP contribution in [0.15, 0.2) is 18.2 Å². The number of aliphatic hydroxyl groups excluding tert-OH is 1. The zero-order valence-electron chi connectivity index (χ0n) is 7.93. The fourth-order valence-electron chi connectivity index (χ4n) is 1.48. The zero-order chi connectivity index (χ0) is 10.1. The zero-order valence-corrected chi connectivity index (χ0v) is 7.93. The van der Waals surface area contributed by atoms with Crippen molar-refractivity contribution in [2.24, 2.45) is 5.73 Å². The van der Waals surface area contributed by atoms with Gasteiger partial charge in [-0.05, 0) is 13.0 Å². The Balaban J connectivity index is 2.39. The molecule has 0 fully saturated rings. The number of hydrogen-bond acceptors (Lipinski definition) is 4. The van der Waals surface area contributed by atoms with Crippen molar-refractivity contribution in [1.82, 2.24) is 0 Å². The van der Waals surface area contributed by atoms with E-state index in [2.05, 4.69) is 0 Å². The maximum Gasteiger partial charge on any atom is 0.231 e. The minimum atomic E-state index is -0.606. The second-order valence-corrected chi connectivity index (χ2v) is 3.35. The van der Waals surface area contributed by atoms with E-state index in [1.807, 2.05) is 18.2 Å². The highest BCUT2D eigenvalue weighted by Crippen LogP contribution is 2.38. The molecule has 1 aromatic carbocycles. The average Bonchev–Trinajstić information content (AvgIpc) is 2.63. The maximum absolute atomic E-state index is 9.38. The third-order valence-corrected chi connectivity index (χ3v) is 2.31. The van der Waals surface area contributed by atoms with E-state index < -0.39 is 12.1 Å². The molecule has 2 rings (SSSR count). The van der Waals surface area contributed by atoms with Crippen molar-refractivity contribution in [3.63, 3.8) is 0 Å². The number of ether oxygens (including phenoxy) is 2. The molecule has 1 aliphatic heterocycles. The van der Waals surface area contributed by atoms with Gasteiger partial charge < -0.3 is 20.3 Å². The van der Waals surface area contributed by atoms with Crippen LogP contribution in [0.2, 0.25) is 0 Å². The topological polar surface area (TPSA) is 64.7 Å². The molecule has 4 nitrogen and oxygen atoms in total. The lowest BCUT2D eigenvalue weighted by atomic mass is 10.0. The minimum Gasteiger partial charge on any atom is -0.454 e. The Morgan fingerprint density at radius 2 is 2.21 bits per heavy atom. The smallest absolute Gasteiger partial charge is 0.231 e. The van der Waals surface area contributed by atoms with Crippen molar-refractivity contribution in [1.29, 1.82) is 0 Å². The lowest BCUT2D eigenvalue weighted by Crippen LogP contribution is -2.23. The summed E-state index contributed by atoms with van der Waals surface area (Å²) in [7, 11) is 0. The van der Waals surface area contributed by atoms with E-state index in [9.17, 15) is 5.11 Å². The van der Waals surface area contributed by atoms with Gasteiger partial charge in [0.1, 0.15) is 0 Å². The van der Waals surface area contributed by atoms with E-state index in [0.717, 1.165) is 5.56 Å². The van der Waals surface area contributed by atoms with E-state index in [0.29, 0.717) is 11.5 Å². The minimum absolute atomic E-state index is 0.221. The fraction of sp³-hybridized carbons (Fsp3) is 0.400. The Morgan fingerprint density at radius 3 is 2.93 bits per heavy atom. The first-order valence-electron chi connectivity index (χ1n) is 4.52. The number of fused-ring (bicyclic) bond motifs is 1. The van der Waals surface area contributed by atoms with Crippen LogP contribution in [0, 0.1) is 0 Å². The fourth-order valence-corrected chi connectivity index (χ4v) is 1.48. The van der Waals surface area contributed by atoms with Gasteiger partial charge in [0, 0.05) is 5.56 Å². The lowest BCUT2D eigenvalue weighted by Gasteiger charge is -2.16. The van der Waals surface area contributed by atoms with Crippen molar-refractivity contribution in [2.75, 3.05) is 6.79 Å². The molecular formula is C10H13NO3. The van der Waals surface area contributed by atoms with Crippen LogP contribution in [0.25, 0.3) is 0 Å². The summed E-state index contributed by atoms with van der Waals surface area (Å²) in [4.78, 5) is 0. The molecule has 1 aromatic rings. The van der Waals surface area contributed by atoms with Crippen molar-refractivity contribution < 1.29 is 14.6 Å². The number of para-hydroxylation sites is 1. The van der Waals surface area contributed by atoms with Crippen LogP contribution in [-0.2, 0) is 0 Å². The predicted molar refractivity (Wildman–Crippen MR) is 51.2 cm³/mol. The van der Waals surface area contributed by atoms with Gasteiger partial charge in [-0.3, -0.25) is 0 Å². The number of hydrogen-bond donors (Lipinski definition) is 2. The van der Waals surface area contributed by atoms with Gasteiger partial charge >= 0.3 is 0 Å². The third kappa shape index (κ3) is 1.42. The summed E-state index contributed by atoms with van der Waals surface area (Å²) in [5.41, 5.74) is 6.61. The van der Waals surface area contributed by atoms with Crippen molar-refractivity contribution >= 4 is 0 Å². The number of rotatable bonds is 2. The quantitative estimate of drug-likeness (QED) is 0.732. The average molecular weight is 195 g/mol. The number of nitrogens with two attached hydrogens (primary N) is 1. The molecule has 4 heteroatoms. The monoisotopic (exact) mass is 195 g/mol. The highest BCUT2D eigenvalue weighted by atomic mass is 16.7. The summed E-state index contributed by atoms with van der Waals surface area (Å²) in [5.74, 6) is 1.35. The van der Waals surface area contributed by atoms with Crippen molar-refractivity contribution in [3.8, 4) is 11.5 Å². The van der Waals surface area contributed by atoms with Crippen molar-refractivity contribution in [2.45, 2.75) is 19.1 Å². The molecule has 0 radical (unpaired) electrons. The van der Waals surface area contributed by atoms with Gasteiger partial charge in [0.2, 0.25) is 6.79 Å². The lowest BCUT2D eigenvalue weighted by molar-refractivity contribution is 0.156. The second kappa shape index (κ2) is 3.48. The Labute approximate surface area is 82.2 Å². The third-order valence-electron chi connectivity index (χ3n) is 2.31. The summed E-state index contributed by atoms with van der Waals surface area (Å²) < 4.78 is 10.5. The van der Waals surface area contributed by atoms with Gasteiger partial charge in [-0.2, -0.15) is 0 Å². The Bertz CT molecular complexity index is 338. The highest BCUT2D eigenvalue weighted by molar-refractivity contribution is 5.49. The molecular weight excluding hydrogens is 182 g/mol. The van der Waals surface area contributed by atoms with Crippen LogP contribution in [0.1, 0.15) is 18.5 Å². The van der Waals surface area contributed by atoms with E-state index >= 15 is 0 Å². The van der Waals surface area contributed by atoms with Crippen molar-refractivity contribution in [3.05, 3.63) is 23.8 Å². The molecule has 0 bridgehead atoms. The van der Waals surface area contributed by atoms with Crippen LogP contribution >= 0.6 is 0 Å². The normalized spacial score (nSPS) is 17.9. The van der Waals surface area contributed by atoms with E-state index in [-0.39, 0.29) is 6.79 Å². The molecule has 1 aliphatic rings. The van der Waals surface area contributed by atoms with Gasteiger partial charge in [0.15, 0.2) is 11.5 Å². The van der Waals surface area contributed by atoms with E-state index in [4.69, 9.17) is 15.2 Å². The summed E-state index contributed by atoms with van der Waals surface area (Å²) in [6.45, 7) is 1.87. The van der Waals surface area contributed by atoms with Gasteiger partial charge in [0.25, 0.3) is 0 Å². The van der Waals surface area contributed by atoms with Crippen LogP contribution in [-0.4, -0.2) is 18.0 Å². The van der Waals surface area contributed by atoms with E-state index in [1.54, 1.807) is 6.92 Å². The standard InChI is InChI=1S/C10H13NO3/c1-6(12)9(11)7-3-2-4-8-10(7)14-5-13-8/h2-4,6,9,12H,5,11H2,1H3/t6-,9+/m0/s1. The van der Waals surface area contributed by atoms with Crippen LogP contribution in [0.5, 0.6) is 11.5 Å². The molecule has 3 N–H and O–H groups in total. The molecule has 0 amide bonds. The summed E-state index contributed by atoms with van der Waals surface area (Å²) in [6.07, 6.45) is -0.606. The highest BCUT2D eigenvalue weighted by Gasteiger charge is 2.23. The van der Waals surface area contributed by atoms with Gasteiger partial charge in [-0.1, -0.05) is 12.1 Å². The van der Waals surface area contributed by atoms with Gasteiger partial charge in [0.05, 0.1) is 12.1 Å². The van der Waals surface area contributed by atoms with Crippen LogP contribution < -0.4 is 15.2 Å². The summed E-state index contributed by atoms with van der Waals surface area (Å²) in [5, 5.41) is 9.38. The number of benzene rings is 1. The molecule has 0 aromatic heterocycles. The van der Waals surface area contributed by atoms with Crippen LogP contribution in [0.3, 0.4) is 0 Å². The Morgan fingerprint density at radius 1 is 1.43 bits per heavy atom. The van der Waals surface area contributed by atoms with E-state index in [1.165, 1.54) is 0 Å².